The van der Waals surface area contributed by atoms with Gasteiger partial charge in [0.05, 0.1) is 6.26 Å². The van der Waals surface area contributed by atoms with Gasteiger partial charge in [0.2, 0.25) is 0 Å². The van der Waals surface area contributed by atoms with E-state index in [0.29, 0.717) is 11.8 Å². The minimum Gasteiger partial charge on any atom is -0.459 e. The molecule has 0 aromatic carbocycles. The number of carbonyl (C=O) groups excluding carboxylic acids is 1. The van der Waals surface area contributed by atoms with Gasteiger partial charge in [-0.05, 0) is 37.8 Å². The van der Waals surface area contributed by atoms with E-state index in [1.807, 2.05) is 4.90 Å². The van der Waals surface area contributed by atoms with Crippen molar-refractivity contribution in [3.8, 4) is 0 Å². The molecule has 1 aliphatic rings. The van der Waals surface area contributed by atoms with E-state index in [9.17, 15) is 4.79 Å². The number of amides is 1. The van der Waals surface area contributed by atoms with Crippen molar-refractivity contribution in [2.75, 3.05) is 11.9 Å². The number of hydrogen-bond acceptors (Lipinski definition) is 2. The summed E-state index contributed by atoms with van der Waals surface area (Å²) in [7, 11) is 0. The third kappa shape index (κ3) is 2.48. The molecule has 1 aromatic heterocycles. The van der Waals surface area contributed by atoms with Crippen LogP contribution < -0.4 is 0 Å². The Labute approximate surface area is 104 Å². The standard InChI is InChI=1S/C12H16BrNO2/c13-7-1-4-10-5-2-8-14(10)12(15)11-6-3-9-16-11/h3,6,9-10H,1-2,4-5,7-8H2. The number of carbonyl (C=O) groups is 1. The minimum absolute atomic E-state index is 0.0436. The predicted octanol–water partition coefficient (Wildman–Crippen LogP) is 3.06. The Morgan fingerprint density at radius 3 is 3.19 bits per heavy atom. The molecule has 1 aliphatic heterocycles. The van der Waals surface area contributed by atoms with E-state index in [-0.39, 0.29) is 5.91 Å². The lowest BCUT2D eigenvalue weighted by Crippen LogP contribution is -2.35. The fourth-order valence-electron chi connectivity index (χ4n) is 2.26. The van der Waals surface area contributed by atoms with Crippen LogP contribution in [0, 0.1) is 0 Å². The lowest BCUT2D eigenvalue weighted by atomic mass is 10.1. The summed E-state index contributed by atoms with van der Waals surface area (Å²) in [6, 6.07) is 3.90. The van der Waals surface area contributed by atoms with Gasteiger partial charge in [-0.3, -0.25) is 4.79 Å². The van der Waals surface area contributed by atoms with E-state index in [0.717, 1.165) is 37.6 Å². The van der Waals surface area contributed by atoms with Gasteiger partial charge in [0.1, 0.15) is 0 Å². The maximum absolute atomic E-state index is 12.1. The molecule has 3 nitrogen and oxygen atoms in total. The average molecular weight is 286 g/mol. The van der Waals surface area contributed by atoms with Crippen LogP contribution in [0.4, 0.5) is 0 Å². The highest BCUT2D eigenvalue weighted by Gasteiger charge is 2.29. The molecule has 0 radical (unpaired) electrons. The van der Waals surface area contributed by atoms with E-state index in [1.165, 1.54) is 0 Å². The van der Waals surface area contributed by atoms with Crippen LogP contribution in [0.3, 0.4) is 0 Å². The number of likely N-dealkylation sites (tertiary alicyclic amines) is 1. The molecule has 0 aliphatic carbocycles. The number of nitrogens with zero attached hydrogens (tertiary/aromatic N) is 1. The van der Waals surface area contributed by atoms with Crippen molar-refractivity contribution in [1.29, 1.82) is 0 Å². The maximum Gasteiger partial charge on any atom is 0.289 e. The second-order valence-electron chi connectivity index (χ2n) is 4.10. The Bertz CT molecular complexity index is 337. The number of alkyl halides is 1. The van der Waals surface area contributed by atoms with Crippen LogP contribution >= 0.6 is 15.9 Å². The number of halogens is 1. The largest absolute Gasteiger partial charge is 0.459 e. The van der Waals surface area contributed by atoms with Gasteiger partial charge < -0.3 is 9.32 Å². The van der Waals surface area contributed by atoms with Crippen molar-refractivity contribution in [3.63, 3.8) is 0 Å². The van der Waals surface area contributed by atoms with Gasteiger partial charge >= 0.3 is 0 Å². The zero-order valence-corrected chi connectivity index (χ0v) is 10.8. The van der Waals surface area contributed by atoms with Crippen LogP contribution in [0.2, 0.25) is 0 Å². The zero-order chi connectivity index (χ0) is 11.4. The molecule has 4 heteroatoms. The van der Waals surface area contributed by atoms with Crippen LogP contribution in [0.5, 0.6) is 0 Å². The van der Waals surface area contributed by atoms with Crippen molar-refractivity contribution < 1.29 is 9.21 Å². The lowest BCUT2D eigenvalue weighted by molar-refractivity contribution is 0.0698. The van der Waals surface area contributed by atoms with Gasteiger partial charge in [-0.15, -0.1) is 0 Å². The van der Waals surface area contributed by atoms with Gasteiger partial charge in [0.25, 0.3) is 5.91 Å². The van der Waals surface area contributed by atoms with Crippen molar-refractivity contribution in [2.24, 2.45) is 0 Å². The smallest absolute Gasteiger partial charge is 0.289 e. The van der Waals surface area contributed by atoms with Crippen molar-refractivity contribution in [3.05, 3.63) is 24.2 Å². The molecule has 88 valence electrons. The van der Waals surface area contributed by atoms with Crippen molar-refractivity contribution in [1.82, 2.24) is 4.90 Å². The fourth-order valence-corrected chi connectivity index (χ4v) is 2.58. The van der Waals surface area contributed by atoms with Crippen LogP contribution in [-0.2, 0) is 0 Å². The molecule has 1 saturated heterocycles. The number of rotatable bonds is 4. The number of furan rings is 1. The monoisotopic (exact) mass is 285 g/mol. The van der Waals surface area contributed by atoms with E-state index in [2.05, 4.69) is 15.9 Å². The van der Waals surface area contributed by atoms with E-state index in [1.54, 1.807) is 18.4 Å². The molecule has 1 unspecified atom stereocenters. The van der Waals surface area contributed by atoms with E-state index < -0.39 is 0 Å². The van der Waals surface area contributed by atoms with Crippen LogP contribution in [0.25, 0.3) is 0 Å². The molecule has 2 rings (SSSR count). The van der Waals surface area contributed by atoms with Gasteiger partial charge in [-0.25, -0.2) is 0 Å². The van der Waals surface area contributed by atoms with Crippen LogP contribution in [0.1, 0.15) is 36.2 Å². The van der Waals surface area contributed by atoms with Crippen molar-refractivity contribution in [2.45, 2.75) is 31.7 Å². The van der Waals surface area contributed by atoms with E-state index in [4.69, 9.17) is 4.42 Å². The molecule has 0 saturated carbocycles. The zero-order valence-electron chi connectivity index (χ0n) is 9.19. The Morgan fingerprint density at radius 1 is 1.62 bits per heavy atom. The highest BCUT2D eigenvalue weighted by molar-refractivity contribution is 9.09. The normalized spacial score (nSPS) is 20.3. The minimum atomic E-state index is 0.0436. The molecule has 1 fully saturated rings. The van der Waals surface area contributed by atoms with Gasteiger partial charge in [0, 0.05) is 17.9 Å². The third-order valence-electron chi connectivity index (χ3n) is 3.04. The lowest BCUT2D eigenvalue weighted by Gasteiger charge is -2.23. The molecular weight excluding hydrogens is 270 g/mol. The average Bonchev–Trinajstić information content (AvgIpc) is 2.96. The summed E-state index contributed by atoms with van der Waals surface area (Å²) in [6.07, 6.45) is 5.99. The van der Waals surface area contributed by atoms with Crippen LogP contribution in [0.15, 0.2) is 22.8 Å². The Balaban J connectivity index is 1.99. The molecule has 16 heavy (non-hydrogen) atoms. The highest BCUT2D eigenvalue weighted by atomic mass is 79.9. The molecule has 1 amide bonds. The summed E-state index contributed by atoms with van der Waals surface area (Å²) in [5, 5.41) is 1.01. The first-order valence-corrected chi connectivity index (χ1v) is 6.85. The van der Waals surface area contributed by atoms with Gasteiger partial charge in [0.15, 0.2) is 5.76 Å². The summed E-state index contributed by atoms with van der Waals surface area (Å²) < 4.78 is 5.16. The first-order valence-electron chi connectivity index (χ1n) is 5.73. The topological polar surface area (TPSA) is 33.5 Å². The Hall–Kier alpha value is -0.770. The molecule has 2 heterocycles. The molecule has 1 aromatic rings. The first-order chi connectivity index (χ1) is 7.83. The summed E-state index contributed by atoms with van der Waals surface area (Å²) in [6.45, 7) is 0.868. The van der Waals surface area contributed by atoms with E-state index >= 15 is 0 Å². The molecule has 0 N–H and O–H groups in total. The first kappa shape index (κ1) is 11.7. The predicted molar refractivity (Wildman–Crippen MR) is 65.8 cm³/mol. The van der Waals surface area contributed by atoms with Crippen molar-refractivity contribution >= 4 is 21.8 Å². The highest BCUT2D eigenvalue weighted by Crippen LogP contribution is 2.23. The second kappa shape index (κ2) is 5.53. The Kier molecular flexibility index (Phi) is 4.04. The third-order valence-corrected chi connectivity index (χ3v) is 3.60. The summed E-state index contributed by atoms with van der Waals surface area (Å²) >= 11 is 3.43. The Morgan fingerprint density at radius 2 is 2.50 bits per heavy atom. The molecular formula is C12H16BrNO2. The quantitative estimate of drug-likeness (QED) is 0.797. The second-order valence-corrected chi connectivity index (χ2v) is 4.90. The van der Waals surface area contributed by atoms with Crippen LogP contribution in [-0.4, -0.2) is 28.7 Å². The fraction of sp³-hybridized carbons (Fsp3) is 0.583. The molecule has 0 spiro atoms. The van der Waals surface area contributed by atoms with Gasteiger partial charge in [-0.2, -0.15) is 0 Å². The number of hydrogen-bond donors (Lipinski definition) is 0. The van der Waals surface area contributed by atoms with Gasteiger partial charge in [-0.1, -0.05) is 15.9 Å². The molecule has 0 bridgehead atoms. The summed E-state index contributed by atoms with van der Waals surface area (Å²) in [4.78, 5) is 14.1. The summed E-state index contributed by atoms with van der Waals surface area (Å²) in [5.74, 6) is 0.507. The summed E-state index contributed by atoms with van der Waals surface area (Å²) in [5.41, 5.74) is 0. The molecule has 1 atom stereocenters. The maximum atomic E-state index is 12.1. The SMILES string of the molecule is O=C(c1ccco1)N1CCCC1CCCBr.